The van der Waals surface area contributed by atoms with Crippen LogP contribution in [-0.4, -0.2) is 42.9 Å². The average Bonchev–Trinajstić information content (AvgIpc) is 3.64. The molecule has 12 heteroatoms. The molecule has 1 N–H and O–H groups in total. The zero-order valence-electron chi connectivity index (χ0n) is 22.7. The fourth-order valence-electron chi connectivity index (χ4n) is 5.09. The predicted molar refractivity (Wildman–Crippen MR) is 148 cm³/mol. The Bertz CT molecular complexity index is 1760. The molecular formula is C30H27FN6O5. The molecule has 0 radical (unpaired) electrons. The van der Waals surface area contributed by atoms with Crippen molar-refractivity contribution in [1.29, 1.82) is 0 Å². The molecule has 11 nitrogen and oxygen atoms in total. The normalized spacial score (nSPS) is 14.4. The lowest BCUT2D eigenvalue weighted by Gasteiger charge is -2.22. The van der Waals surface area contributed by atoms with Gasteiger partial charge in [0.05, 0.1) is 19.0 Å². The van der Waals surface area contributed by atoms with E-state index in [-0.39, 0.29) is 36.1 Å². The van der Waals surface area contributed by atoms with Gasteiger partial charge in [0.25, 0.3) is 5.56 Å². The predicted octanol–water partition coefficient (Wildman–Crippen LogP) is 4.29. The molecule has 6 rings (SSSR count). The van der Waals surface area contributed by atoms with Crippen molar-refractivity contribution in [1.82, 2.24) is 29.9 Å². The number of ether oxygens (including phenoxy) is 2. The fourth-order valence-corrected chi connectivity index (χ4v) is 5.09. The third-order valence-electron chi connectivity index (χ3n) is 7.31. The highest BCUT2D eigenvalue weighted by atomic mass is 19.1. The van der Waals surface area contributed by atoms with Crippen LogP contribution >= 0.6 is 0 Å². The van der Waals surface area contributed by atoms with Gasteiger partial charge in [-0.1, -0.05) is 23.4 Å². The van der Waals surface area contributed by atoms with E-state index in [1.54, 1.807) is 37.6 Å². The van der Waals surface area contributed by atoms with E-state index < -0.39 is 5.95 Å². The number of aromatic amines is 1. The Balaban J connectivity index is 1.05. The molecule has 42 heavy (non-hydrogen) atoms. The first-order valence-electron chi connectivity index (χ1n) is 13.5. The first kappa shape index (κ1) is 27.1. The molecule has 0 amide bonds. The number of H-pyrrole nitrogens is 1. The van der Waals surface area contributed by atoms with Crippen LogP contribution in [0.2, 0.25) is 0 Å². The number of halogens is 1. The maximum Gasteiger partial charge on any atom is 0.267 e. The second kappa shape index (κ2) is 11.8. The number of pyridine rings is 2. The highest BCUT2D eigenvalue weighted by Crippen LogP contribution is 2.32. The van der Waals surface area contributed by atoms with Crippen molar-refractivity contribution in [2.24, 2.45) is 0 Å². The molecule has 1 aromatic carbocycles. The van der Waals surface area contributed by atoms with Gasteiger partial charge >= 0.3 is 0 Å². The van der Waals surface area contributed by atoms with Gasteiger partial charge < -0.3 is 14.0 Å². The number of benzene rings is 1. The summed E-state index contributed by atoms with van der Waals surface area (Å²) >= 11 is 0. The number of fused-ring (bicyclic) bond motifs is 1. The summed E-state index contributed by atoms with van der Waals surface area (Å²) in [6.45, 7) is 0.380. The molecule has 4 aromatic heterocycles. The zero-order chi connectivity index (χ0) is 29.1. The molecule has 4 heterocycles. The van der Waals surface area contributed by atoms with E-state index >= 15 is 0 Å². The van der Waals surface area contributed by atoms with Crippen molar-refractivity contribution in [2.75, 3.05) is 7.11 Å². The molecule has 1 aliphatic carbocycles. The Labute approximate surface area is 239 Å². The van der Waals surface area contributed by atoms with Crippen molar-refractivity contribution in [2.45, 2.75) is 44.6 Å². The maximum absolute atomic E-state index is 14.2. The molecule has 0 saturated heterocycles. The third kappa shape index (κ3) is 5.69. The molecule has 0 bridgehead atoms. The Morgan fingerprint density at radius 1 is 1.14 bits per heavy atom. The van der Waals surface area contributed by atoms with E-state index in [2.05, 4.69) is 25.2 Å². The monoisotopic (exact) mass is 570 g/mol. The summed E-state index contributed by atoms with van der Waals surface area (Å²) in [6, 6.07) is 14.5. The fraction of sp³-hybridized carbons (Fsp3) is 0.267. The summed E-state index contributed by atoms with van der Waals surface area (Å²) in [5.41, 5.74) is 2.78. The second-order valence-electron chi connectivity index (χ2n) is 9.95. The molecule has 1 unspecified atom stereocenters. The Morgan fingerprint density at radius 3 is 2.74 bits per heavy atom. The van der Waals surface area contributed by atoms with Crippen molar-refractivity contribution in [3.63, 3.8) is 0 Å². The number of aryl methyl sites for hydroxylation is 1. The Hall–Kier alpha value is -5.13. The van der Waals surface area contributed by atoms with Gasteiger partial charge in [0.1, 0.15) is 23.8 Å². The Kier molecular flexibility index (Phi) is 7.58. The van der Waals surface area contributed by atoms with Crippen molar-refractivity contribution >= 4 is 5.91 Å². The highest BCUT2D eigenvalue weighted by Gasteiger charge is 2.29. The lowest BCUT2D eigenvalue weighted by atomic mass is 9.83. The minimum atomic E-state index is -0.527. The van der Waals surface area contributed by atoms with Crippen LogP contribution in [0.5, 0.6) is 11.5 Å². The van der Waals surface area contributed by atoms with E-state index in [0.29, 0.717) is 60.0 Å². The molecule has 0 aliphatic heterocycles. The number of methoxy groups -OCH3 is 1. The van der Waals surface area contributed by atoms with Gasteiger partial charge in [-0.05, 0) is 61.1 Å². The minimum absolute atomic E-state index is 0.0465. The van der Waals surface area contributed by atoms with E-state index in [0.717, 1.165) is 11.3 Å². The van der Waals surface area contributed by atoms with Crippen LogP contribution in [0.3, 0.4) is 0 Å². The summed E-state index contributed by atoms with van der Waals surface area (Å²) in [4.78, 5) is 38.1. The Morgan fingerprint density at radius 2 is 1.98 bits per heavy atom. The minimum Gasteiger partial charge on any atom is -0.497 e. The standard InChI is InChI=1S/C30H27FN6O5/c1-40-20-7-4-18(5-8-20)17-41-21-9-10-24(33-16-21)29-34-26(42-36-29)12-13-27(38)37-25-11-6-19(15-23(25)30(39)35-37)22-3-2-14-32-28(22)31/h2-5,7-10,14,16,19H,6,11-13,15,17H2,1H3,(H,35,39). The lowest BCUT2D eigenvalue weighted by molar-refractivity contribution is 0.0878. The third-order valence-corrected chi connectivity index (χ3v) is 7.31. The summed E-state index contributed by atoms with van der Waals surface area (Å²) < 4.78 is 31.8. The molecule has 1 aliphatic rings. The number of rotatable bonds is 9. The number of hydrogen-bond donors (Lipinski definition) is 1. The quantitative estimate of drug-likeness (QED) is 0.257. The summed E-state index contributed by atoms with van der Waals surface area (Å²) in [5, 5.41) is 6.63. The molecule has 1 atom stereocenters. The molecule has 0 saturated carbocycles. The topological polar surface area (TPSA) is 138 Å². The number of carbonyl (C=O) groups excluding carboxylic acids is 1. The first-order valence-corrected chi connectivity index (χ1v) is 13.5. The maximum atomic E-state index is 14.2. The van der Waals surface area contributed by atoms with Gasteiger partial charge in [0, 0.05) is 30.2 Å². The van der Waals surface area contributed by atoms with Gasteiger partial charge in [0.15, 0.2) is 0 Å². The van der Waals surface area contributed by atoms with Crippen LogP contribution in [0.15, 0.2) is 70.2 Å². The van der Waals surface area contributed by atoms with Crippen molar-refractivity contribution in [3.8, 4) is 23.0 Å². The largest absolute Gasteiger partial charge is 0.497 e. The number of aromatic nitrogens is 6. The number of nitrogens with zero attached hydrogens (tertiary/aromatic N) is 5. The molecule has 0 spiro atoms. The number of carbonyl (C=O) groups is 1. The highest BCUT2D eigenvalue weighted by molar-refractivity contribution is 5.79. The zero-order valence-corrected chi connectivity index (χ0v) is 22.7. The van der Waals surface area contributed by atoms with Crippen LogP contribution in [0, 0.1) is 5.95 Å². The van der Waals surface area contributed by atoms with Gasteiger partial charge in [0.2, 0.25) is 23.6 Å². The molecule has 5 aromatic rings. The van der Waals surface area contributed by atoms with E-state index in [1.165, 1.54) is 10.9 Å². The summed E-state index contributed by atoms with van der Waals surface area (Å²) in [5.74, 6) is 0.940. The van der Waals surface area contributed by atoms with Crippen LogP contribution in [0.1, 0.15) is 51.8 Å². The van der Waals surface area contributed by atoms with Crippen molar-refractivity contribution in [3.05, 3.63) is 106 Å². The van der Waals surface area contributed by atoms with E-state index in [9.17, 15) is 14.0 Å². The van der Waals surface area contributed by atoms with Crippen molar-refractivity contribution < 1.29 is 23.2 Å². The molecular weight excluding hydrogens is 543 g/mol. The van der Waals surface area contributed by atoms with Crippen LogP contribution in [0.4, 0.5) is 4.39 Å². The smallest absolute Gasteiger partial charge is 0.267 e. The lowest BCUT2D eigenvalue weighted by Crippen LogP contribution is -2.21. The van der Waals surface area contributed by atoms with Crippen LogP contribution in [-0.2, 0) is 25.9 Å². The van der Waals surface area contributed by atoms with Crippen LogP contribution < -0.4 is 15.0 Å². The first-order chi connectivity index (χ1) is 20.5. The SMILES string of the molecule is COc1ccc(COc2ccc(-c3noc(CCC(=O)n4[nH]c(=O)c5c4CCC(c4cccnc4F)C5)n3)nc2)cc1. The van der Waals surface area contributed by atoms with Gasteiger partial charge in [-0.25, -0.2) is 14.6 Å². The van der Waals surface area contributed by atoms with Gasteiger partial charge in [-0.15, -0.1) is 0 Å². The second-order valence-corrected chi connectivity index (χ2v) is 9.95. The summed E-state index contributed by atoms with van der Waals surface area (Å²) in [7, 11) is 1.62. The number of hydrogen-bond acceptors (Lipinski definition) is 9. The van der Waals surface area contributed by atoms with Gasteiger partial charge in [-0.3, -0.25) is 14.7 Å². The van der Waals surface area contributed by atoms with E-state index in [1.807, 2.05) is 24.3 Å². The molecule has 0 fully saturated rings. The molecule has 214 valence electrons. The van der Waals surface area contributed by atoms with E-state index in [4.69, 9.17) is 14.0 Å². The summed E-state index contributed by atoms with van der Waals surface area (Å²) in [6.07, 6.45) is 4.63. The number of nitrogens with one attached hydrogen (secondary N) is 1. The van der Waals surface area contributed by atoms with Gasteiger partial charge in [-0.2, -0.15) is 9.37 Å². The average molecular weight is 571 g/mol. The van der Waals surface area contributed by atoms with Crippen LogP contribution in [0.25, 0.3) is 11.5 Å².